The van der Waals surface area contributed by atoms with Crippen molar-refractivity contribution in [3.63, 3.8) is 0 Å². The van der Waals surface area contributed by atoms with Gasteiger partial charge < -0.3 is 10.2 Å². The van der Waals surface area contributed by atoms with E-state index in [1.165, 1.54) is 41.3 Å². The number of rotatable bonds is 12. The third kappa shape index (κ3) is 7.41. The molecule has 0 spiro atoms. The molecule has 3 aromatic rings. The monoisotopic (exact) mass is 552 g/mol. The second kappa shape index (κ2) is 13.0. The number of nitrogens with zero attached hydrogens (tertiary/aromatic N) is 3. The Morgan fingerprint density at radius 1 is 0.923 bits per heavy atom. The zero-order chi connectivity index (χ0) is 28.6. The van der Waals surface area contributed by atoms with E-state index < -0.39 is 33.4 Å². The molecular formula is C28H32N4O6S. The second-order valence-electron chi connectivity index (χ2n) is 9.10. The van der Waals surface area contributed by atoms with Gasteiger partial charge in [0.2, 0.25) is 11.8 Å². The van der Waals surface area contributed by atoms with E-state index in [-0.39, 0.29) is 34.8 Å². The van der Waals surface area contributed by atoms with Gasteiger partial charge in [-0.15, -0.1) is 0 Å². The van der Waals surface area contributed by atoms with Crippen LogP contribution in [0.1, 0.15) is 32.8 Å². The number of carbonyl (C=O) groups excluding carboxylic acids is 2. The molecule has 3 rings (SSSR count). The van der Waals surface area contributed by atoms with Crippen molar-refractivity contribution in [1.29, 1.82) is 0 Å². The highest BCUT2D eigenvalue weighted by Gasteiger charge is 2.33. The summed E-state index contributed by atoms with van der Waals surface area (Å²) in [5, 5.41) is 14.0. The molecular weight excluding hydrogens is 520 g/mol. The first-order chi connectivity index (χ1) is 18.5. The molecule has 11 heteroatoms. The molecule has 0 aromatic heterocycles. The first-order valence-corrected chi connectivity index (χ1v) is 13.9. The largest absolute Gasteiger partial charge is 0.352 e. The van der Waals surface area contributed by atoms with Gasteiger partial charge in [0.15, 0.2) is 0 Å². The summed E-state index contributed by atoms with van der Waals surface area (Å²) >= 11 is 0. The lowest BCUT2D eigenvalue weighted by molar-refractivity contribution is -0.384. The Hall–Kier alpha value is -4.25. The Balaban J connectivity index is 2.02. The highest BCUT2D eigenvalue weighted by atomic mass is 32.2. The van der Waals surface area contributed by atoms with Crippen molar-refractivity contribution in [2.24, 2.45) is 0 Å². The van der Waals surface area contributed by atoms with Gasteiger partial charge in [-0.25, -0.2) is 8.42 Å². The summed E-state index contributed by atoms with van der Waals surface area (Å²) in [4.78, 5) is 38.7. The number of nitro benzene ring substituents is 1. The molecule has 0 heterocycles. The standard InChI is InChI=1S/C28H32N4O6S/c1-4-21(2)29-28(34)22(3)30(19-23-11-7-5-8-12-23)27(33)20-31(24-15-17-25(18-16-24)32(35)36)39(37,38)26-13-9-6-10-14-26/h5-18,21-22H,4,19-20H2,1-3H3,(H,29,34). The van der Waals surface area contributed by atoms with Gasteiger partial charge in [0.1, 0.15) is 12.6 Å². The Bertz CT molecular complexity index is 1380. The van der Waals surface area contributed by atoms with Gasteiger partial charge >= 0.3 is 0 Å². The Morgan fingerprint density at radius 3 is 2.03 bits per heavy atom. The molecule has 2 amide bonds. The number of sulfonamides is 1. The summed E-state index contributed by atoms with van der Waals surface area (Å²) in [5.74, 6) is -0.968. The van der Waals surface area contributed by atoms with E-state index in [0.717, 1.165) is 9.87 Å². The summed E-state index contributed by atoms with van der Waals surface area (Å²) < 4.78 is 28.3. The third-order valence-corrected chi connectivity index (χ3v) is 8.11. The van der Waals surface area contributed by atoms with Crippen LogP contribution in [0.15, 0.2) is 89.8 Å². The van der Waals surface area contributed by atoms with Crippen LogP contribution < -0.4 is 9.62 Å². The highest BCUT2D eigenvalue weighted by Crippen LogP contribution is 2.26. The molecule has 0 radical (unpaired) electrons. The number of benzene rings is 3. The average molecular weight is 553 g/mol. The van der Waals surface area contributed by atoms with E-state index in [4.69, 9.17) is 0 Å². The number of carbonyl (C=O) groups is 2. The fraction of sp³-hybridized carbons (Fsp3) is 0.286. The predicted octanol–water partition coefficient (Wildman–Crippen LogP) is 4.12. The zero-order valence-electron chi connectivity index (χ0n) is 22.1. The minimum atomic E-state index is -4.24. The SMILES string of the molecule is CCC(C)NC(=O)C(C)N(Cc1ccccc1)C(=O)CN(c1ccc([N+](=O)[O-])cc1)S(=O)(=O)c1ccccc1. The van der Waals surface area contributed by atoms with Gasteiger partial charge in [0, 0.05) is 24.7 Å². The summed E-state index contributed by atoms with van der Waals surface area (Å²) in [7, 11) is -4.24. The van der Waals surface area contributed by atoms with Crippen LogP contribution in [0.2, 0.25) is 0 Å². The number of nitro groups is 1. The molecule has 2 atom stereocenters. The van der Waals surface area contributed by atoms with Gasteiger partial charge in [-0.1, -0.05) is 55.5 Å². The van der Waals surface area contributed by atoms with E-state index in [2.05, 4.69) is 5.32 Å². The number of non-ortho nitro benzene ring substituents is 1. The lowest BCUT2D eigenvalue weighted by Crippen LogP contribution is -2.52. The first-order valence-electron chi connectivity index (χ1n) is 12.5. The van der Waals surface area contributed by atoms with Gasteiger partial charge in [-0.3, -0.25) is 24.0 Å². The van der Waals surface area contributed by atoms with Crippen LogP contribution in [0, 0.1) is 10.1 Å². The molecule has 2 unspecified atom stereocenters. The minimum absolute atomic E-state index is 0.0478. The zero-order valence-corrected chi connectivity index (χ0v) is 22.9. The van der Waals surface area contributed by atoms with E-state index in [9.17, 15) is 28.1 Å². The van der Waals surface area contributed by atoms with Crippen LogP contribution in [0.4, 0.5) is 11.4 Å². The van der Waals surface area contributed by atoms with Crippen molar-refractivity contribution in [3.8, 4) is 0 Å². The second-order valence-corrected chi connectivity index (χ2v) is 11.0. The van der Waals surface area contributed by atoms with Gasteiger partial charge in [0.25, 0.3) is 15.7 Å². The fourth-order valence-corrected chi connectivity index (χ4v) is 5.25. The smallest absolute Gasteiger partial charge is 0.269 e. The van der Waals surface area contributed by atoms with Crippen LogP contribution in [0.5, 0.6) is 0 Å². The van der Waals surface area contributed by atoms with Crippen molar-refractivity contribution in [2.45, 2.75) is 50.7 Å². The predicted molar refractivity (Wildman–Crippen MR) is 148 cm³/mol. The number of hydrogen-bond donors (Lipinski definition) is 1. The van der Waals surface area contributed by atoms with Gasteiger partial charge in [0.05, 0.1) is 15.5 Å². The van der Waals surface area contributed by atoms with Crippen LogP contribution in [0.25, 0.3) is 0 Å². The minimum Gasteiger partial charge on any atom is -0.352 e. The Kier molecular flexibility index (Phi) is 9.78. The lowest BCUT2D eigenvalue weighted by Gasteiger charge is -2.32. The summed E-state index contributed by atoms with van der Waals surface area (Å²) in [5.41, 5.74) is 0.624. The average Bonchev–Trinajstić information content (AvgIpc) is 2.95. The molecule has 0 fully saturated rings. The van der Waals surface area contributed by atoms with E-state index in [1.807, 2.05) is 44.2 Å². The highest BCUT2D eigenvalue weighted by molar-refractivity contribution is 7.92. The molecule has 0 aliphatic rings. The molecule has 3 aromatic carbocycles. The number of amides is 2. The summed E-state index contributed by atoms with van der Waals surface area (Å²) in [6.45, 7) is 4.84. The Labute approximate surface area is 228 Å². The molecule has 1 N–H and O–H groups in total. The number of nitrogens with one attached hydrogen (secondary N) is 1. The molecule has 206 valence electrons. The maximum absolute atomic E-state index is 13.8. The normalized spacial score (nSPS) is 12.7. The molecule has 10 nitrogen and oxygen atoms in total. The van der Waals surface area contributed by atoms with Gasteiger partial charge in [-0.2, -0.15) is 0 Å². The molecule has 39 heavy (non-hydrogen) atoms. The lowest BCUT2D eigenvalue weighted by atomic mass is 10.1. The van der Waals surface area contributed by atoms with E-state index in [1.54, 1.807) is 25.1 Å². The molecule has 0 saturated carbocycles. The number of anilines is 1. The van der Waals surface area contributed by atoms with Crippen LogP contribution >= 0.6 is 0 Å². The van der Waals surface area contributed by atoms with E-state index in [0.29, 0.717) is 6.42 Å². The van der Waals surface area contributed by atoms with Crippen molar-refractivity contribution < 1.29 is 22.9 Å². The van der Waals surface area contributed by atoms with Gasteiger partial charge in [-0.05, 0) is 50.1 Å². The van der Waals surface area contributed by atoms with Crippen LogP contribution in [-0.2, 0) is 26.2 Å². The number of hydrogen-bond acceptors (Lipinski definition) is 6. The van der Waals surface area contributed by atoms with Crippen molar-refractivity contribution >= 4 is 33.2 Å². The fourth-order valence-electron chi connectivity index (χ4n) is 3.82. The molecule has 0 aliphatic carbocycles. The molecule has 0 saturated heterocycles. The van der Waals surface area contributed by atoms with Crippen molar-refractivity contribution in [2.75, 3.05) is 10.8 Å². The maximum Gasteiger partial charge on any atom is 0.269 e. The Morgan fingerprint density at radius 2 is 1.49 bits per heavy atom. The van der Waals surface area contributed by atoms with E-state index >= 15 is 0 Å². The molecule has 0 aliphatic heterocycles. The maximum atomic E-state index is 13.8. The summed E-state index contributed by atoms with van der Waals surface area (Å²) in [6, 6.07) is 20.6. The van der Waals surface area contributed by atoms with Crippen molar-refractivity contribution in [1.82, 2.24) is 10.2 Å². The summed E-state index contributed by atoms with van der Waals surface area (Å²) in [6.07, 6.45) is 0.703. The third-order valence-electron chi connectivity index (χ3n) is 6.32. The van der Waals surface area contributed by atoms with Crippen molar-refractivity contribution in [3.05, 3.63) is 101 Å². The van der Waals surface area contributed by atoms with Crippen LogP contribution in [-0.4, -0.2) is 48.7 Å². The topological polar surface area (TPSA) is 130 Å². The quantitative estimate of drug-likeness (QED) is 0.266. The first kappa shape index (κ1) is 29.3. The molecule has 0 bridgehead atoms. The van der Waals surface area contributed by atoms with Crippen LogP contribution in [0.3, 0.4) is 0 Å².